The number of rotatable bonds is 3. The highest BCUT2D eigenvalue weighted by atomic mass is 14.9. The van der Waals surface area contributed by atoms with E-state index in [1.807, 2.05) is 19.3 Å². The Bertz CT molecular complexity index is 543. The summed E-state index contributed by atoms with van der Waals surface area (Å²) in [5.41, 5.74) is 3.60. The van der Waals surface area contributed by atoms with E-state index in [1.54, 1.807) is 0 Å². The average molecular weight is 226 g/mol. The number of aromatic nitrogens is 1. The molecule has 88 valence electrons. The fourth-order valence-corrected chi connectivity index (χ4v) is 1.80. The molecule has 0 radical (unpaired) electrons. The van der Waals surface area contributed by atoms with Crippen LogP contribution in [0.25, 0.3) is 17.0 Å². The van der Waals surface area contributed by atoms with Gasteiger partial charge in [-0.15, -0.1) is 0 Å². The predicted molar refractivity (Wildman–Crippen MR) is 73.9 cm³/mol. The van der Waals surface area contributed by atoms with Crippen molar-refractivity contribution in [3.05, 3.63) is 47.7 Å². The van der Waals surface area contributed by atoms with Gasteiger partial charge in [-0.2, -0.15) is 0 Å². The van der Waals surface area contributed by atoms with Crippen LogP contribution in [0.15, 0.2) is 42.1 Å². The summed E-state index contributed by atoms with van der Waals surface area (Å²) in [6, 6.07) is 10.8. The lowest BCUT2D eigenvalue weighted by molar-refractivity contribution is 0.696. The highest BCUT2D eigenvalue weighted by molar-refractivity contribution is 5.81. The van der Waals surface area contributed by atoms with Crippen molar-refractivity contribution in [1.82, 2.24) is 10.3 Å². The summed E-state index contributed by atoms with van der Waals surface area (Å²) in [6.07, 6.45) is 4.04. The van der Waals surface area contributed by atoms with Gasteiger partial charge in [0.2, 0.25) is 0 Å². The lowest BCUT2D eigenvalue weighted by Gasteiger charge is -2.10. The maximum absolute atomic E-state index is 4.32. The first-order chi connectivity index (χ1) is 8.20. The van der Waals surface area contributed by atoms with Crippen LogP contribution in [0.2, 0.25) is 0 Å². The van der Waals surface area contributed by atoms with E-state index in [2.05, 4.69) is 54.5 Å². The summed E-state index contributed by atoms with van der Waals surface area (Å²) in [4.78, 5) is 4.32. The minimum atomic E-state index is 0.402. The maximum atomic E-state index is 4.32. The van der Waals surface area contributed by atoms with Crippen molar-refractivity contribution >= 4 is 17.0 Å². The summed E-state index contributed by atoms with van der Waals surface area (Å²) in [6.45, 7) is 4.31. The van der Waals surface area contributed by atoms with Crippen LogP contribution in [-0.2, 0) is 0 Å². The molecule has 0 aliphatic heterocycles. The zero-order valence-corrected chi connectivity index (χ0v) is 10.6. The number of hydrogen-bond acceptors (Lipinski definition) is 2. The summed E-state index contributed by atoms with van der Waals surface area (Å²) < 4.78 is 0. The number of nitrogens with one attached hydrogen (secondary N) is 1. The van der Waals surface area contributed by atoms with Crippen LogP contribution in [0.1, 0.15) is 19.4 Å². The smallest absolute Gasteiger partial charge is 0.0702 e. The Kier molecular flexibility index (Phi) is 3.55. The molecule has 0 saturated heterocycles. The molecule has 1 atom stereocenters. The molecule has 1 aromatic carbocycles. The molecule has 0 aliphatic rings. The Hall–Kier alpha value is -1.67. The van der Waals surface area contributed by atoms with Crippen molar-refractivity contribution in [2.24, 2.45) is 0 Å². The Morgan fingerprint density at radius 3 is 2.94 bits per heavy atom. The van der Waals surface area contributed by atoms with Crippen molar-refractivity contribution < 1.29 is 0 Å². The summed E-state index contributed by atoms with van der Waals surface area (Å²) in [5.74, 6) is 0. The molecule has 2 rings (SSSR count). The second-order valence-corrected chi connectivity index (χ2v) is 4.35. The zero-order valence-electron chi connectivity index (χ0n) is 10.6. The van der Waals surface area contributed by atoms with E-state index in [-0.39, 0.29) is 0 Å². The fraction of sp³-hybridized carbons (Fsp3) is 0.267. The lowest BCUT2D eigenvalue weighted by Crippen LogP contribution is -2.21. The van der Waals surface area contributed by atoms with E-state index in [0.29, 0.717) is 6.04 Å². The van der Waals surface area contributed by atoms with Crippen molar-refractivity contribution in [2.75, 3.05) is 7.05 Å². The minimum Gasteiger partial charge on any atom is -0.314 e. The second kappa shape index (κ2) is 5.11. The van der Waals surface area contributed by atoms with Gasteiger partial charge in [-0.1, -0.05) is 23.8 Å². The van der Waals surface area contributed by atoms with Gasteiger partial charge < -0.3 is 5.32 Å². The number of fused-ring (bicyclic) bond motifs is 1. The second-order valence-electron chi connectivity index (χ2n) is 4.35. The summed E-state index contributed by atoms with van der Waals surface area (Å²) in [5, 5.41) is 4.43. The molecule has 2 nitrogen and oxygen atoms in total. The summed E-state index contributed by atoms with van der Waals surface area (Å²) >= 11 is 0. The first kappa shape index (κ1) is 11.8. The molecule has 1 heterocycles. The van der Waals surface area contributed by atoms with Crippen LogP contribution in [0.3, 0.4) is 0 Å². The van der Waals surface area contributed by atoms with Crippen molar-refractivity contribution in [3.63, 3.8) is 0 Å². The highest BCUT2D eigenvalue weighted by Gasteiger charge is 2.01. The number of likely N-dealkylation sites (N-methyl/N-ethyl adjacent to an activating group) is 1. The molecular weight excluding hydrogens is 208 g/mol. The van der Waals surface area contributed by atoms with E-state index < -0.39 is 0 Å². The van der Waals surface area contributed by atoms with Crippen molar-refractivity contribution in [1.29, 1.82) is 0 Å². The van der Waals surface area contributed by atoms with E-state index in [0.717, 1.165) is 5.52 Å². The van der Waals surface area contributed by atoms with Crippen LogP contribution in [0.4, 0.5) is 0 Å². The van der Waals surface area contributed by atoms with Crippen LogP contribution < -0.4 is 5.32 Å². The Balaban J connectivity index is 2.37. The zero-order chi connectivity index (χ0) is 12.3. The molecule has 0 aliphatic carbocycles. The van der Waals surface area contributed by atoms with Gasteiger partial charge in [-0.05, 0) is 44.7 Å². The topological polar surface area (TPSA) is 24.9 Å². The molecule has 0 fully saturated rings. The number of pyridine rings is 1. The van der Waals surface area contributed by atoms with E-state index >= 15 is 0 Å². The summed E-state index contributed by atoms with van der Waals surface area (Å²) in [7, 11) is 1.98. The third-order valence-corrected chi connectivity index (χ3v) is 3.14. The first-order valence-electron chi connectivity index (χ1n) is 5.91. The van der Waals surface area contributed by atoms with Crippen LogP contribution in [0, 0.1) is 0 Å². The van der Waals surface area contributed by atoms with Gasteiger partial charge in [0.15, 0.2) is 0 Å². The van der Waals surface area contributed by atoms with E-state index in [9.17, 15) is 0 Å². The van der Waals surface area contributed by atoms with Crippen LogP contribution in [0.5, 0.6) is 0 Å². The SMILES string of the molecule is CNC(C)/C(C)=C/c1ccc2ncccc2c1. The molecule has 1 unspecified atom stereocenters. The van der Waals surface area contributed by atoms with Gasteiger partial charge in [0.05, 0.1) is 5.52 Å². The van der Waals surface area contributed by atoms with Crippen molar-refractivity contribution in [3.8, 4) is 0 Å². The van der Waals surface area contributed by atoms with Gasteiger partial charge >= 0.3 is 0 Å². The highest BCUT2D eigenvalue weighted by Crippen LogP contribution is 2.16. The number of benzene rings is 1. The minimum absolute atomic E-state index is 0.402. The molecule has 0 amide bonds. The molecule has 1 N–H and O–H groups in total. The Morgan fingerprint density at radius 1 is 1.35 bits per heavy atom. The standard InChI is InChI=1S/C15H18N2/c1-11(12(2)16-3)9-13-6-7-15-14(10-13)5-4-8-17-15/h4-10,12,16H,1-3H3/b11-9+. The van der Waals surface area contributed by atoms with E-state index in [1.165, 1.54) is 16.5 Å². The lowest BCUT2D eigenvalue weighted by atomic mass is 10.1. The van der Waals surface area contributed by atoms with Crippen LogP contribution in [-0.4, -0.2) is 18.1 Å². The van der Waals surface area contributed by atoms with Gasteiger partial charge in [-0.25, -0.2) is 0 Å². The molecule has 0 bridgehead atoms. The van der Waals surface area contributed by atoms with Gasteiger partial charge in [-0.3, -0.25) is 4.98 Å². The third kappa shape index (κ3) is 2.71. The molecule has 1 aromatic heterocycles. The molecular formula is C15H18N2. The largest absolute Gasteiger partial charge is 0.314 e. The maximum Gasteiger partial charge on any atom is 0.0702 e. The van der Waals surface area contributed by atoms with Crippen molar-refractivity contribution in [2.45, 2.75) is 19.9 Å². The number of nitrogens with zero attached hydrogens (tertiary/aromatic N) is 1. The van der Waals surface area contributed by atoms with Gasteiger partial charge in [0.1, 0.15) is 0 Å². The van der Waals surface area contributed by atoms with Gasteiger partial charge in [0, 0.05) is 17.6 Å². The number of hydrogen-bond donors (Lipinski definition) is 1. The van der Waals surface area contributed by atoms with Gasteiger partial charge in [0.25, 0.3) is 0 Å². The average Bonchev–Trinajstić information content (AvgIpc) is 2.37. The van der Waals surface area contributed by atoms with E-state index in [4.69, 9.17) is 0 Å². The molecule has 0 spiro atoms. The van der Waals surface area contributed by atoms with Crippen LogP contribution >= 0.6 is 0 Å². The third-order valence-electron chi connectivity index (χ3n) is 3.14. The molecule has 17 heavy (non-hydrogen) atoms. The molecule has 0 saturated carbocycles. The molecule has 2 aromatic rings. The Labute approximate surface area is 102 Å². The predicted octanol–water partition coefficient (Wildman–Crippen LogP) is 3.25. The quantitative estimate of drug-likeness (QED) is 0.869. The normalized spacial score (nSPS) is 13.9. The monoisotopic (exact) mass is 226 g/mol. The fourth-order valence-electron chi connectivity index (χ4n) is 1.80. The Morgan fingerprint density at radius 2 is 2.18 bits per heavy atom. The molecule has 2 heteroatoms. The first-order valence-corrected chi connectivity index (χ1v) is 5.91.